The summed E-state index contributed by atoms with van der Waals surface area (Å²) in [6, 6.07) is 7.55. The van der Waals surface area contributed by atoms with Crippen molar-refractivity contribution in [2.45, 2.75) is 25.9 Å². The Hall–Kier alpha value is -1.65. The quantitative estimate of drug-likeness (QED) is 0.925. The van der Waals surface area contributed by atoms with Gasteiger partial charge in [-0.15, -0.1) is 0 Å². The summed E-state index contributed by atoms with van der Waals surface area (Å²) >= 11 is 0. The van der Waals surface area contributed by atoms with Crippen molar-refractivity contribution in [3.05, 3.63) is 46.0 Å². The Labute approximate surface area is 117 Å². The predicted molar refractivity (Wildman–Crippen MR) is 78.0 cm³/mol. The molecule has 0 spiro atoms. The summed E-state index contributed by atoms with van der Waals surface area (Å²) in [4.78, 5) is 14.2. The maximum Gasteiger partial charge on any atom is 0.343 e. The van der Waals surface area contributed by atoms with Crippen LogP contribution >= 0.6 is 0 Å². The van der Waals surface area contributed by atoms with Crippen LogP contribution in [-0.2, 0) is 6.42 Å². The van der Waals surface area contributed by atoms with Gasteiger partial charge in [0.05, 0.1) is 11.5 Å². The summed E-state index contributed by atoms with van der Waals surface area (Å²) in [5.74, 6) is 0.759. The lowest BCUT2D eigenvalue weighted by atomic mass is 10.1. The van der Waals surface area contributed by atoms with Gasteiger partial charge in [-0.3, -0.25) is 0 Å². The first-order chi connectivity index (χ1) is 9.65. The predicted octanol–water partition coefficient (Wildman–Crippen LogP) is 1.71. The average molecular weight is 273 g/mol. The van der Waals surface area contributed by atoms with Gasteiger partial charge in [-0.25, -0.2) is 4.79 Å². The third-order valence-electron chi connectivity index (χ3n) is 4.09. The highest BCUT2D eigenvalue weighted by molar-refractivity contribution is 5.84. The van der Waals surface area contributed by atoms with E-state index >= 15 is 0 Å². The van der Waals surface area contributed by atoms with Gasteiger partial charge in [-0.2, -0.15) is 0 Å². The Morgan fingerprint density at radius 3 is 2.80 bits per heavy atom. The number of aryl methyl sites for hydroxylation is 1. The summed E-state index contributed by atoms with van der Waals surface area (Å²) in [7, 11) is 0. The van der Waals surface area contributed by atoms with E-state index < -0.39 is 0 Å². The molecule has 1 saturated heterocycles. The Bertz CT molecular complexity index is 677. The minimum atomic E-state index is -0.261. The smallest absolute Gasteiger partial charge is 0.343 e. The summed E-state index contributed by atoms with van der Waals surface area (Å²) in [6.07, 6.45) is 1.33. The van der Waals surface area contributed by atoms with E-state index in [4.69, 9.17) is 4.42 Å². The van der Waals surface area contributed by atoms with Crippen molar-refractivity contribution < 1.29 is 9.52 Å². The summed E-state index contributed by atoms with van der Waals surface area (Å²) < 4.78 is 5.46. The van der Waals surface area contributed by atoms with Crippen LogP contribution in [0.1, 0.15) is 17.7 Å². The van der Waals surface area contributed by atoms with E-state index in [9.17, 15) is 9.90 Å². The monoisotopic (exact) mass is 273 g/mol. The molecule has 20 heavy (non-hydrogen) atoms. The first kappa shape index (κ1) is 13.3. The van der Waals surface area contributed by atoms with Crippen LogP contribution < -0.4 is 5.63 Å². The molecule has 2 heterocycles. The third kappa shape index (κ3) is 2.49. The molecule has 4 heteroatoms. The fourth-order valence-electron chi connectivity index (χ4n) is 2.90. The highest BCUT2D eigenvalue weighted by Crippen LogP contribution is 2.19. The molecule has 0 aliphatic carbocycles. The summed E-state index contributed by atoms with van der Waals surface area (Å²) in [6.45, 7) is 4.45. The highest BCUT2D eigenvalue weighted by Gasteiger charge is 2.20. The van der Waals surface area contributed by atoms with Crippen LogP contribution in [0.2, 0.25) is 0 Å². The van der Waals surface area contributed by atoms with Gasteiger partial charge >= 0.3 is 5.63 Å². The van der Waals surface area contributed by atoms with Crippen LogP contribution in [0.3, 0.4) is 0 Å². The maximum absolute atomic E-state index is 12.0. The molecule has 106 valence electrons. The number of fused-ring (bicyclic) bond motifs is 1. The van der Waals surface area contributed by atoms with Gasteiger partial charge < -0.3 is 14.4 Å². The molecule has 1 aromatic heterocycles. The molecule has 1 aliphatic rings. The minimum absolute atomic E-state index is 0.209. The van der Waals surface area contributed by atoms with Crippen molar-refractivity contribution in [3.8, 4) is 0 Å². The van der Waals surface area contributed by atoms with E-state index in [1.807, 2.05) is 25.1 Å². The Balaban J connectivity index is 1.85. The summed E-state index contributed by atoms with van der Waals surface area (Å²) in [5, 5.41) is 11.1. The number of likely N-dealkylation sites (tertiary alicyclic amines) is 1. The van der Waals surface area contributed by atoms with Crippen LogP contribution in [0.4, 0.5) is 0 Å². The fourth-order valence-corrected chi connectivity index (χ4v) is 2.90. The first-order valence-electron chi connectivity index (χ1n) is 7.07. The van der Waals surface area contributed by atoms with Gasteiger partial charge in [0.1, 0.15) is 5.76 Å². The number of nitrogens with zero attached hydrogens (tertiary/aromatic N) is 1. The molecule has 1 fully saturated rings. The molecule has 0 amide bonds. The number of aliphatic hydroxyl groups is 1. The van der Waals surface area contributed by atoms with Gasteiger partial charge in [-0.05, 0) is 30.4 Å². The second-order valence-electron chi connectivity index (χ2n) is 5.48. The molecule has 1 N–H and O–H groups in total. The Kier molecular flexibility index (Phi) is 3.59. The molecular weight excluding hydrogens is 254 g/mol. The van der Waals surface area contributed by atoms with Gasteiger partial charge in [0.25, 0.3) is 0 Å². The lowest BCUT2D eigenvalue weighted by molar-refractivity contribution is 0.176. The zero-order valence-corrected chi connectivity index (χ0v) is 11.6. The molecule has 1 atom stereocenters. The van der Waals surface area contributed by atoms with E-state index in [0.717, 1.165) is 42.8 Å². The van der Waals surface area contributed by atoms with E-state index in [1.165, 1.54) is 0 Å². The minimum Gasteiger partial charge on any atom is -0.427 e. The molecule has 2 aromatic rings. The number of hydrogen-bond acceptors (Lipinski definition) is 4. The molecule has 0 radical (unpaired) electrons. The van der Waals surface area contributed by atoms with Gasteiger partial charge in [0.2, 0.25) is 0 Å². The van der Waals surface area contributed by atoms with Crippen LogP contribution in [0.5, 0.6) is 0 Å². The molecule has 1 aromatic carbocycles. The van der Waals surface area contributed by atoms with Crippen molar-refractivity contribution >= 4 is 10.8 Å². The molecule has 1 aliphatic heterocycles. The summed E-state index contributed by atoms with van der Waals surface area (Å²) in [5.41, 5.74) is 0.780. The molecular formula is C16H19NO3. The van der Waals surface area contributed by atoms with Crippen LogP contribution in [0.15, 0.2) is 33.5 Å². The SMILES string of the molecule is Cc1c(CCN2CC[C@@H](O)C2)oc(=O)c2ccccc12. The van der Waals surface area contributed by atoms with Crippen molar-refractivity contribution in [3.63, 3.8) is 0 Å². The van der Waals surface area contributed by atoms with Crippen molar-refractivity contribution in [2.24, 2.45) is 0 Å². The standard InChI is InChI=1S/C16H19NO3/c1-11-13-4-2-3-5-14(13)16(19)20-15(11)7-9-17-8-6-12(18)10-17/h2-5,12,18H,6-10H2,1H3/t12-/m1/s1. The van der Waals surface area contributed by atoms with Crippen molar-refractivity contribution in [1.82, 2.24) is 4.90 Å². The lowest BCUT2D eigenvalue weighted by Gasteiger charge is -2.15. The van der Waals surface area contributed by atoms with Gasteiger partial charge in [0, 0.05) is 26.1 Å². The number of hydrogen-bond donors (Lipinski definition) is 1. The van der Waals surface area contributed by atoms with Gasteiger partial charge in [-0.1, -0.05) is 18.2 Å². The molecule has 0 saturated carbocycles. The van der Waals surface area contributed by atoms with Gasteiger partial charge in [0.15, 0.2) is 0 Å². The van der Waals surface area contributed by atoms with Crippen molar-refractivity contribution in [1.29, 1.82) is 0 Å². The molecule has 3 rings (SSSR count). The number of rotatable bonds is 3. The zero-order valence-electron chi connectivity index (χ0n) is 11.6. The average Bonchev–Trinajstić information content (AvgIpc) is 2.87. The second-order valence-corrected chi connectivity index (χ2v) is 5.48. The molecule has 4 nitrogen and oxygen atoms in total. The van der Waals surface area contributed by atoms with E-state index in [1.54, 1.807) is 6.07 Å². The Morgan fingerprint density at radius 2 is 2.10 bits per heavy atom. The largest absolute Gasteiger partial charge is 0.427 e. The third-order valence-corrected chi connectivity index (χ3v) is 4.09. The molecule has 0 unspecified atom stereocenters. The van der Waals surface area contributed by atoms with E-state index in [-0.39, 0.29) is 11.7 Å². The van der Waals surface area contributed by atoms with Crippen LogP contribution in [0, 0.1) is 6.92 Å². The van der Waals surface area contributed by atoms with Crippen LogP contribution in [0.25, 0.3) is 10.8 Å². The number of β-amino-alcohol motifs (C(OH)–C–C–N with tert-alkyl or cyclic N) is 1. The first-order valence-corrected chi connectivity index (χ1v) is 7.07. The second kappa shape index (κ2) is 5.38. The number of benzene rings is 1. The van der Waals surface area contributed by atoms with E-state index in [2.05, 4.69) is 4.90 Å². The van der Waals surface area contributed by atoms with Crippen molar-refractivity contribution in [2.75, 3.05) is 19.6 Å². The fraction of sp³-hybridized carbons (Fsp3) is 0.438. The molecule has 0 bridgehead atoms. The van der Waals surface area contributed by atoms with Crippen LogP contribution in [-0.4, -0.2) is 35.7 Å². The maximum atomic E-state index is 12.0. The topological polar surface area (TPSA) is 53.7 Å². The zero-order chi connectivity index (χ0) is 14.1. The normalized spacial score (nSPS) is 19.8. The Morgan fingerprint density at radius 1 is 1.35 bits per heavy atom. The van der Waals surface area contributed by atoms with E-state index in [0.29, 0.717) is 11.8 Å². The lowest BCUT2D eigenvalue weighted by Crippen LogP contribution is -2.25. The number of aliphatic hydroxyl groups excluding tert-OH is 1. The highest BCUT2D eigenvalue weighted by atomic mass is 16.4.